The molecule has 0 bridgehead atoms. The van der Waals surface area contributed by atoms with Crippen LogP contribution in [0.25, 0.3) is 0 Å². The summed E-state index contributed by atoms with van der Waals surface area (Å²) in [6, 6.07) is 0. The zero-order valence-electron chi connectivity index (χ0n) is 10.6. The lowest BCUT2D eigenvalue weighted by atomic mass is 9.97. The average Bonchev–Trinajstić information content (AvgIpc) is 2.66. The van der Waals surface area contributed by atoms with E-state index < -0.39 is 5.41 Å². The molecule has 1 N–H and O–H groups in total. The predicted octanol–water partition coefficient (Wildman–Crippen LogP) is 1.20. The number of ether oxygens (including phenoxy) is 1. The van der Waals surface area contributed by atoms with Crippen LogP contribution in [0.3, 0.4) is 0 Å². The fourth-order valence-corrected chi connectivity index (χ4v) is 2.33. The number of hydrogen-bond donors (Lipinski definition) is 1. The third-order valence-electron chi connectivity index (χ3n) is 2.50. The molecule has 1 aromatic heterocycles. The van der Waals surface area contributed by atoms with Crippen molar-refractivity contribution in [1.82, 2.24) is 9.55 Å². The molecule has 5 nitrogen and oxygen atoms in total. The van der Waals surface area contributed by atoms with Crippen LogP contribution in [0.2, 0.25) is 0 Å². The highest BCUT2D eigenvalue weighted by molar-refractivity contribution is 7.99. The quantitative estimate of drug-likeness (QED) is 0.635. The van der Waals surface area contributed by atoms with Crippen LogP contribution in [-0.2, 0) is 23.2 Å². The summed E-state index contributed by atoms with van der Waals surface area (Å²) in [6.07, 6.45) is 1.63. The molecule has 0 unspecified atom stereocenters. The highest BCUT2D eigenvalue weighted by Gasteiger charge is 2.29. The monoisotopic (exact) mass is 258 g/mol. The highest BCUT2D eigenvalue weighted by Crippen LogP contribution is 2.28. The lowest BCUT2D eigenvalue weighted by molar-refractivity contribution is -0.149. The van der Waals surface area contributed by atoms with E-state index >= 15 is 0 Å². The van der Waals surface area contributed by atoms with E-state index in [4.69, 9.17) is 9.84 Å². The molecule has 0 fully saturated rings. The van der Waals surface area contributed by atoms with Gasteiger partial charge in [-0.1, -0.05) is 11.8 Å². The van der Waals surface area contributed by atoms with Gasteiger partial charge in [0.25, 0.3) is 0 Å². The number of nitrogens with zero attached hydrogens (tertiary/aromatic N) is 2. The number of hydrogen-bond acceptors (Lipinski definition) is 5. The smallest absolute Gasteiger partial charge is 0.312 e. The molecule has 96 valence electrons. The first-order valence-electron chi connectivity index (χ1n) is 5.25. The largest absolute Gasteiger partial charge is 0.469 e. The highest BCUT2D eigenvalue weighted by atomic mass is 32.2. The number of carbonyl (C=O) groups excluding carboxylic acids is 1. The van der Waals surface area contributed by atoms with Crippen LogP contribution in [0.15, 0.2) is 11.4 Å². The van der Waals surface area contributed by atoms with Crippen LogP contribution in [0, 0.1) is 5.41 Å². The summed E-state index contributed by atoms with van der Waals surface area (Å²) < 4.78 is 6.56. The van der Waals surface area contributed by atoms with E-state index in [-0.39, 0.29) is 12.6 Å². The number of carbonyl (C=O) groups is 1. The Morgan fingerprint density at radius 2 is 2.29 bits per heavy atom. The number of aromatic nitrogens is 2. The van der Waals surface area contributed by atoms with Crippen LogP contribution in [-0.4, -0.2) is 33.5 Å². The number of methoxy groups -OCH3 is 1. The van der Waals surface area contributed by atoms with Gasteiger partial charge in [0.15, 0.2) is 5.16 Å². The van der Waals surface area contributed by atoms with Crippen molar-refractivity contribution in [3.63, 3.8) is 0 Å². The van der Waals surface area contributed by atoms with E-state index in [2.05, 4.69) is 4.98 Å². The summed E-state index contributed by atoms with van der Waals surface area (Å²) in [5.74, 6) is 0.344. The first-order valence-corrected chi connectivity index (χ1v) is 6.23. The van der Waals surface area contributed by atoms with Crippen molar-refractivity contribution in [1.29, 1.82) is 0 Å². The van der Waals surface area contributed by atoms with Crippen LogP contribution < -0.4 is 0 Å². The van der Waals surface area contributed by atoms with Gasteiger partial charge in [0, 0.05) is 12.8 Å². The number of thioether (sulfide) groups is 1. The first-order chi connectivity index (χ1) is 7.92. The summed E-state index contributed by atoms with van der Waals surface area (Å²) in [5.41, 5.74) is 0.202. The molecule has 1 rings (SSSR count). The Hall–Kier alpha value is -1.01. The van der Waals surface area contributed by atoms with Crippen molar-refractivity contribution in [2.45, 2.75) is 25.6 Å². The molecular weight excluding hydrogens is 240 g/mol. The summed E-state index contributed by atoms with van der Waals surface area (Å²) >= 11 is 1.47. The number of aliphatic hydroxyl groups excluding tert-OH is 1. The minimum absolute atomic E-state index is 0.0372. The van der Waals surface area contributed by atoms with Gasteiger partial charge in [0.05, 0.1) is 31.0 Å². The van der Waals surface area contributed by atoms with Gasteiger partial charge in [-0.15, -0.1) is 0 Å². The maximum atomic E-state index is 11.5. The van der Waals surface area contributed by atoms with Crippen molar-refractivity contribution in [2.24, 2.45) is 12.5 Å². The maximum Gasteiger partial charge on any atom is 0.312 e. The zero-order valence-corrected chi connectivity index (χ0v) is 11.4. The van der Waals surface area contributed by atoms with Crippen molar-refractivity contribution in [3.05, 3.63) is 11.9 Å². The van der Waals surface area contributed by atoms with E-state index in [1.54, 1.807) is 6.20 Å². The Kier molecular flexibility index (Phi) is 4.59. The van der Waals surface area contributed by atoms with E-state index in [0.717, 1.165) is 10.9 Å². The van der Waals surface area contributed by atoms with E-state index in [1.165, 1.54) is 18.9 Å². The molecule has 0 spiro atoms. The fraction of sp³-hybridized carbons (Fsp3) is 0.636. The van der Waals surface area contributed by atoms with Gasteiger partial charge in [-0.2, -0.15) is 0 Å². The van der Waals surface area contributed by atoms with E-state index in [1.807, 2.05) is 25.5 Å². The third kappa shape index (κ3) is 3.23. The summed E-state index contributed by atoms with van der Waals surface area (Å²) in [5, 5.41) is 9.83. The normalized spacial score (nSPS) is 11.6. The first kappa shape index (κ1) is 14.1. The van der Waals surface area contributed by atoms with Crippen molar-refractivity contribution < 1.29 is 14.6 Å². The van der Waals surface area contributed by atoms with Gasteiger partial charge >= 0.3 is 5.97 Å². The summed E-state index contributed by atoms with van der Waals surface area (Å²) in [7, 11) is 3.23. The number of imidazole rings is 1. The molecule has 0 amide bonds. The molecule has 0 aliphatic rings. The molecule has 0 atom stereocenters. The second-order valence-corrected chi connectivity index (χ2v) is 5.36. The van der Waals surface area contributed by atoms with Gasteiger partial charge in [-0.3, -0.25) is 4.79 Å². The minimum Gasteiger partial charge on any atom is -0.469 e. The third-order valence-corrected chi connectivity index (χ3v) is 4.01. The lowest BCUT2D eigenvalue weighted by Crippen LogP contribution is -2.28. The SMILES string of the molecule is COC(=O)C(C)(C)CSc1ncc(CO)n1C. The molecule has 0 aromatic carbocycles. The van der Waals surface area contributed by atoms with Crippen molar-refractivity contribution in [2.75, 3.05) is 12.9 Å². The molecule has 1 aromatic rings. The molecule has 17 heavy (non-hydrogen) atoms. The molecule has 6 heteroatoms. The average molecular weight is 258 g/mol. The van der Waals surface area contributed by atoms with Gasteiger partial charge in [-0.25, -0.2) is 4.98 Å². The Morgan fingerprint density at radius 3 is 2.76 bits per heavy atom. The van der Waals surface area contributed by atoms with Gasteiger partial charge in [0.1, 0.15) is 0 Å². The van der Waals surface area contributed by atoms with E-state index in [0.29, 0.717) is 5.75 Å². The topological polar surface area (TPSA) is 64.3 Å². The Balaban J connectivity index is 2.67. The number of esters is 1. The number of rotatable bonds is 5. The predicted molar refractivity (Wildman–Crippen MR) is 65.7 cm³/mol. The van der Waals surface area contributed by atoms with E-state index in [9.17, 15) is 4.79 Å². The molecule has 0 aliphatic heterocycles. The summed E-state index contributed by atoms with van der Waals surface area (Å²) in [6.45, 7) is 3.63. The standard InChI is InChI=1S/C11H18N2O3S/c1-11(2,9(15)16-4)7-17-10-12-5-8(6-14)13(10)3/h5,14H,6-7H2,1-4H3. The fourth-order valence-electron chi connectivity index (χ4n) is 1.29. The van der Waals surface area contributed by atoms with Gasteiger partial charge in [-0.05, 0) is 13.8 Å². The van der Waals surface area contributed by atoms with Crippen LogP contribution in [0.4, 0.5) is 0 Å². The molecule has 0 aliphatic carbocycles. The maximum absolute atomic E-state index is 11.5. The zero-order chi connectivity index (χ0) is 13.1. The molecular formula is C11H18N2O3S. The lowest BCUT2D eigenvalue weighted by Gasteiger charge is -2.20. The molecule has 0 saturated heterocycles. The molecule has 1 heterocycles. The summed E-state index contributed by atoms with van der Waals surface area (Å²) in [4.78, 5) is 15.7. The van der Waals surface area contributed by atoms with Gasteiger partial charge < -0.3 is 14.4 Å². The second-order valence-electron chi connectivity index (χ2n) is 4.41. The van der Waals surface area contributed by atoms with Crippen molar-refractivity contribution in [3.8, 4) is 0 Å². The Labute approximate surface area is 105 Å². The number of aliphatic hydroxyl groups is 1. The molecule has 0 radical (unpaired) electrons. The Morgan fingerprint density at radius 1 is 1.65 bits per heavy atom. The van der Waals surface area contributed by atoms with Crippen LogP contribution in [0.5, 0.6) is 0 Å². The minimum atomic E-state index is -0.551. The van der Waals surface area contributed by atoms with Gasteiger partial charge in [0.2, 0.25) is 0 Å². The van der Waals surface area contributed by atoms with Crippen molar-refractivity contribution >= 4 is 17.7 Å². The van der Waals surface area contributed by atoms with Crippen LogP contribution >= 0.6 is 11.8 Å². The second kappa shape index (κ2) is 5.55. The Bertz CT molecular complexity index is 401. The molecule has 0 saturated carbocycles. The van der Waals surface area contributed by atoms with Crippen LogP contribution in [0.1, 0.15) is 19.5 Å².